The number of unbranched alkanes of at least 4 members (excludes halogenated alkanes) is 1. The fourth-order valence-electron chi connectivity index (χ4n) is 1.46. The summed E-state index contributed by atoms with van der Waals surface area (Å²) in [6.45, 7) is 4.34. The van der Waals surface area contributed by atoms with Crippen molar-refractivity contribution in [2.24, 2.45) is 0 Å². The van der Waals surface area contributed by atoms with Gasteiger partial charge in [-0.2, -0.15) is 0 Å². The molecular formula is C10H19NO3. The molecule has 0 amide bonds. The van der Waals surface area contributed by atoms with E-state index in [2.05, 4.69) is 11.8 Å². The maximum atomic E-state index is 11.1. The molecule has 0 radical (unpaired) electrons. The molecule has 0 aromatic carbocycles. The van der Waals surface area contributed by atoms with Crippen LogP contribution in [0.3, 0.4) is 0 Å². The summed E-state index contributed by atoms with van der Waals surface area (Å²) in [4.78, 5) is 13.3. The van der Waals surface area contributed by atoms with Crippen LogP contribution in [0, 0.1) is 0 Å². The molecule has 0 N–H and O–H groups in total. The zero-order chi connectivity index (χ0) is 10.4. The van der Waals surface area contributed by atoms with Gasteiger partial charge in [0.15, 0.2) is 0 Å². The van der Waals surface area contributed by atoms with Gasteiger partial charge in [0.2, 0.25) is 0 Å². The number of rotatable bonds is 4. The van der Waals surface area contributed by atoms with Crippen LogP contribution in [0.1, 0.15) is 26.2 Å². The maximum Gasteiger partial charge on any atom is 0.508 e. The summed E-state index contributed by atoms with van der Waals surface area (Å²) in [6.07, 6.45) is 2.35. The van der Waals surface area contributed by atoms with Crippen molar-refractivity contribution in [3.63, 3.8) is 0 Å². The lowest BCUT2D eigenvalue weighted by Gasteiger charge is -2.11. The standard InChI is InChI=1S/C10H19NO3/c1-3-4-7-13-10(12)14-9-5-6-11(2)8-9/h9H,3-8H2,1-2H3. The number of carbonyl (C=O) groups is 1. The van der Waals surface area contributed by atoms with Crippen molar-refractivity contribution in [3.05, 3.63) is 0 Å². The monoisotopic (exact) mass is 201 g/mol. The molecule has 0 aromatic heterocycles. The number of carbonyl (C=O) groups excluding carboxylic acids is 1. The lowest BCUT2D eigenvalue weighted by Crippen LogP contribution is -2.22. The van der Waals surface area contributed by atoms with Gasteiger partial charge in [0.1, 0.15) is 6.10 Å². The Balaban J connectivity index is 2.08. The first-order valence-corrected chi connectivity index (χ1v) is 5.24. The van der Waals surface area contributed by atoms with E-state index in [0.717, 1.165) is 32.4 Å². The molecule has 1 aliphatic heterocycles. The number of hydrogen-bond acceptors (Lipinski definition) is 4. The van der Waals surface area contributed by atoms with Crippen LogP contribution in [-0.2, 0) is 9.47 Å². The van der Waals surface area contributed by atoms with E-state index in [1.165, 1.54) is 0 Å². The zero-order valence-electron chi connectivity index (χ0n) is 8.99. The molecule has 0 bridgehead atoms. The Hall–Kier alpha value is -0.770. The van der Waals surface area contributed by atoms with Crippen LogP contribution in [0.25, 0.3) is 0 Å². The smallest absolute Gasteiger partial charge is 0.434 e. The van der Waals surface area contributed by atoms with Crippen LogP contribution < -0.4 is 0 Å². The summed E-state index contributed by atoms with van der Waals surface area (Å²) < 4.78 is 10.0. The van der Waals surface area contributed by atoms with Gasteiger partial charge in [-0.1, -0.05) is 13.3 Å². The summed E-state index contributed by atoms with van der Waals surface area (Å²) in [6, 6.07) is 0. The molecule has 1 saturated heterocycles. The van der Waals surface area contributed by atoms with Crippen molar-refractivity contribution in [2.75, 3.05) is 26.7 Å². The third-order valence-electron chi connectivity index (χ3n) is 2.33. The van der Waals surface area contributed by atoms with Crippen LogP contribution in [0.4, 0.5) is 4.79 Å². The van der Waals surface area contributed by atoms with Gasteiger partial charge in [-0.25, -0.2) is 4.79 Å². The molecule has 1 unspecified atom stereocenters. The molecule has 1 heterocycles. The van der Waals surface area contributed by atoms with Crippen LogP contribution in [0.5, 0.6) is 0 Å². The third-order valence-corrected chi connectivity index (χ3v) is 2.33. The van der Waals surface area contributed by atoms with E-state index in [-0.39, 0.29) is 6.10 Å². The summed E-state index contributed by atoms with van der Waals surface area (Å²) in [5.41, 5.74) is 0. The van der Waals surface area contributed by atoms with Crippen molar-refractivity contribution < 1.29 is 14.3 Å². The van der Waals surface area contributed by atoms with Crippen LogP contribution in [0.2, 0.25) is 0 Å². The quantitative estimate of drug-likeness (QED) is 0.512. The first kappa shape index (κ1) is 11.3. The van der Waals surface area contributed by atoms with Gasteiger partial charge in [0.05, 0.1) is 6.61 Å². The molecule has 0 saturated carbocycles. The average Bonchev–Trinajstić information content (AvgIpc) is 2.52. The van der Waals surface area contributed by atoms with Crippen molar-refractivity contribution >= 4 is 6.16 Å². The predicted molar refractivity (Wildman–Crippen MR) is 53.2 cm³/mol. The van der Waals surface area contributed by atoms with Crippen LogP contribution >= 0.6 is 0 Å². The molecule has 0 aliphatic carbocycles. The van der Waals surface area contributed by atoms with Gasteiger partial charge in [-0.15, -0.1) is 0 Å². The van der Waals surface area contributed by atoms with Gasteiger partial charge >= 0.3 is 6.16 Å². The minimum absolute atomic E-state index is 0.0223. The highest BCUT2D eigenvalue weighted by Crippen LogP contribution is 2.11. The van der Waals surface area contributed by atoms with Crippen molar-refractivity contribution in [1.29, 1.82) is 0 Å². The van der Waals surface area contributed by atoms with E-state index in [0.29, 0.717) is 6.61 Å². The summed E-state index contributed by atoms with van der Waals surface area (Å²) in [5.74, 6) is 0. The molecule has 1 rings (SSSR count). The van der Waals surface area contributed by atoms with E-state index in [4.69, 9.17) is 9.47 Å². The molecule has 1 fully saturated rings. The number of nitrogens with zero attached hydrogens (tertiary/aromatic N) is 1. The predicted octanol–water partition coefficient (Wildman–Crippen LogP) is 1.64. The zero-order valence-corrected chi connectivity index (χ0v) is 8.99. The van der Waals surface area contributed by atoms with Crippen molar-refractivity contribution in [1.82, 2.24) is 4.90 Å². The largest absolute Gasteiger partial charge is 0.508 e. The minimum Gasteiger partial charge on any atom is -0.434 e. The van der Waals surface area contributed by atoms with Crippen LogP contribution in [-0.4, -0.2) is 43.9 Å². The minimum atomic E-state index is -0.515. The lowest BCUT2D eigenvalue weighted by atomic mass is 10.3. The molecule has 1 atom stereocenters. The second-order valence-corrected chi connectivity index (χ2v) is 3.74. The number of likely N-dealkylation sites (tertiary alicyclic amines) is 1. The Morgan fingerprint density at radius 2 is 2.36 bits per heavy atom. The first-order valence-electron chi connectivity index (χ1n) is 5.24. The van der Waals surface area contributed by atoms with Gasteiger partial charge in [0.25, 0.3) is 0 Å². The highest BCUT2D eigenvalue weighted by atomic mass is 16.7. The highest BCUT2D eigenvalue weighted by molar-refractivity contribution is 5.60. The first-order chi connectivity index (χ1) is 6.72. The van der Waals surface area contributed by atoms with Gasteiger partial charge in [-0.3, -0.25) is 0 Å². The SMILES string of the molecule is CCCCOC(=O)OC1CCN(C)C1. The molecule has 1 aliphatic rings. The maximum absolute atomic E-state index is 11.1. The lowest BCUT2D eigenvalue weighted by molar-refractivity contribution is 0.0265. The summed E-state index contributed by atoms with van der Waals surface area (Å²) in [7, 11) is 2.02. The van der Waals surface area contributed by atoms with E-state index >= 15 is 0 Å². The van der Waals surface area contributed by atoms with Gasteiger partial charge in [0, 0.05) is 13.1 Å². The highest BCUT2D eigenvalue weighted by Gasteiger charge is 2.23. The van der Waals surface area contributed by atoms with Gasteiger partial charge < -0.3 is 14.4 Å². The Bertz CT molecular complexity index is 184. The van der Waals surface area contributed by atoms with E-state index in [9.17, 15) is 4.79 Å². The van der Waals surface area contributed by atoms with E-state index in [1.807, 2.05) is 7.05 Å². The fourth-order valence-corrected chi connectivity index (χ4v) is 1.46. The Morgan fingerprint density at radius 3 is 2.93 bits per heavy atom. The summed E-state index contributed by atoms with van der Waals surface area (Å²) in [5, 5.41) is 0. The molecule has 82 valence electrons. The molecular weight excluding hydrogens is 182 g/mol. The van der Waals surface area contributed by atoms with E-state index < -0.39 is 6.16 Å². The number of ether oxygens (including phenoxy) is 2. The Labute approximate surface area is 85.2 Å². The Kier molecular flexibility index (Phi) is 4.73. The normalized spacial score (nSPS) is 22.3. The summed E-state index contributed by atoms with van der Waals surface area (Å²) >= 11 is 0. The van der Waals surface area contributed by atoms with Crippen LogP contribution in [0.15, 0.2) is 0 Å². The third kappa shape index (κ3) is 3.96. The van der Waals surface area contributed by atoms with Crippen molar-refractivity contribution in [2.45, 2.75) is 32.3 Å². The second-order valence-electron chi connectivity index (χ2n) is 3.74. The molecule has 0 spiro atoms. The fraction of sp³-hybridized carbons (Fsp3) is 0.900. The molecule has 0 aromatic rings. The second kappa shape index (κ2) is 5.86. The topological polar surface area (TPSA) is 38.8 Å². The van der Waals surface area contributed by atoms with Gasteiger partial charge in [-0.05, 0) is 19.9 Å². The van der Waals surface area contributed by atoms with Crippen molar-refractivity contribution in [3.8, 4) is 0 Å². The molecule has 14 heavy (non-hydrogen) atoms. The van der Waals surface area contributed by atoms with E-state index in [1.54, 1.807) is 0 Å². The Morgan fingerprint density at radius 1 is 1.57 bits per heavy atom. The molecule has 4 heteroatoms. The number of likely N-dealkylation sites (N-methyl/N-ethyl adjacent to an activating group) is 1. The average molecular weight is 201 g/mol. The molecule has 4 nitrogen and oxygen atoms in total. The number of hydrogen-bond donors (Lipinski definition) is 0.